The van der Waals surface area contributed by atoms with Gasteiger partial charge in [0, 0.05) is 0 Å². The lowest BCUT2D eigenvalue weighted by Gasteiger charge is -2.07. The summed E-state index contributed by atoms with van der Waals surface area (Å²) < 4.78 is 13.6. The number of aromatic nitrogens is 1. The second kappa shape index (κ2) is 4.93. The molecule has 3 nitrogen and oxygen atoms in total. The molecular weight excluding hydrogens is 285 g/mol. The normalized spacial score (nSPS) is 9.71. The van der Waals surface area contributed by atoms with E-state index < -0.39 is 5.82 Å². The summed E-state index contributed by atoms with van der Waals surface area (Å²) in [5, 5.41) is 11.9. The molecule has 0 bridgehead atoms. The van der Waals surface area contributed by atoms with Crippen molar-refractivity contribution in [2.45, 2.75) is 0 Å². The maximum Gasteiger partial charge on any atom is 0.131 e. The number of anilines is 2. The van der Waals surface area contributed by atoms with Crippen molar-refractivity contribution in [2.24, 2.45) is 0 Å². The van der Waals surface area contributed by atoms with Crippen LogP contribution in [0.3, 0.4) is 0 Å². The number of benzene rings is 1. The first kappa shape index (κ1) is 11.6. The first-order valence-corrected chi connectivity index (χ1v) is 5.57. The minimum absolute atomic E-state index is 0.242. The van der Waals surface area contributed by atoms with Crippen LogP contribution in [0.1, 0.15) is 5.56 Å². The van der Waals surface area contributed by atoms with Gasteiger partial charge in [-0.15, -0.1) is 0 Å². The van der Waals surface area contributed by atoms with Crippen molar-refractivity contribution in [3.63, 3.8) is 0 Å². The summed E-state index contributed by atoms with van der Waals surface area (Å²) in [5.74, 6) is 0.150. The van der Waals surface area contributed by atoms with E-state index in [0.29, 0.717) is 16.1 Å². The Kier molecular flexibility index (Phi) is 3.35. The van der Waals surface area contributed by atoms with Crippen LogP contribution in [0.2, 0.25) is 0 Å². The minimum Gasteiger partial charge on any atom is -0.339 e. The van der Waals surface area contributed by atoms with Gasteiger partial charge in [0.15, 0.2) is 0 Å². The Balaban J connectivity index is 2.34. The lowest BCUT2D eigenvalue weighted by molar-refractivity contribution is 0.627. The molecule has 0 aliphatic rings. The van der Waals surface area contributed by atoms with E-state index in [2.05, 4.69) is 26.2 Å². The third-order valence-corrected chi connectivity index (χ3v) is 2.52. The number of nitriles is 1. The molecule has 0 amide bonds. The Labute approximate surface area is 106 Å². The second-order valence-electron chi connectivity index (χ2n) is 3.27. The van der Waals surface area contributed by atoms with Crippen LogP contribution >= 0.6 is 15.9 Å². The number of hydrogen-bond acceptors (Lipinski definition) is 3. The van der Waals surface area contributed by atoms with Crippen molar-refractivity contribution in [3.8, 4) is 6.07 Å². The Morgan fingerprint density at radius 3 is 2.82 bits per heavy atom. The van der Waals surface area contributed by atoms with Crippen LogP contribution in [-0.2, 0) is 0 Å². The number of halogens is 2. The summed E-state index contributed by atoms with van der Waals surface area (Å²) >= 11 is 3.25. The lowest BCUT2D eigenvalue weighted by atomic mass is 10.2. The van der Waals surface area contributed by atoms with Gasteiger partial charge in [0.05, 0.1) is 11.3 Å². The van der Waals surface area contributed by atoms with Gasteiger partial charge in [-0.3, -0.25) is 0 Å². The van der Waals surface area contributed by atoms with Gasteiger partial charge in [0.1, 0.15) is 22.3 Å². The van der Waals surface area contributed by atoms with Gasteiger partial charge in [0.2, 0.25) is 0 Å². The van der Waals surface area contributed by atoms with E-state index in [9.17, 15) is 4.39 Å². The van der Waals surface area contributed by atoms with Gasteiger partial charge < -0.3 is 5.32 Å². The average molecular weight is 292 g/mol. The number of rotatable bonds is 2. The fourth-order valence-corrected chi connectivity index (χ4v) is 1.68. The molecule has 5 heteroatoms. The van der Waals surface area contributed by atoms with E-state index in [4.69, 9.17) is 5.26 Å². The van der Waals surface area contributed by atoms with E-state index in [1.54, 1.807) is 12.1 Å². The highest BCUT2D eigenvalue weighted by atomic mass is 79.9. The van der Waals surface area contributed by atoms with Crippen molar-refractivity contribution < 1.29 is 4.39 Å². The number of nitrogens with one attached hydrogen (secondary N) is 1. The second-order valence-corrected chi connectivity index (χ2v) is 4.08. The molecule has 1 aromatic carbocycles. The fraction of sp³-hybridized carbons (Fsp3) is 0. The van der Waals surface area contributed by atoms with E-state index in [1.165, 1.54) is 18.2 Å². The highest BCUT2D eigenvalue weighted by molar-refractivity contribution is 9.10. The molecule has 17 heavy (non-hydrogen) atoms. The van der Waals surface area contributed by atoms with E-state index in [-0.39, 0.29) is 5.56 Å². The molecule has 0 spiro atoms. The number of nitrogens with zero attached hydrogens (tertiary/aromatic N) is 2. The Hall–Kier alpha value is -1.93. The fourth-order valence-electron chi connectivity index (χ4n) is 1.33. The molecule has 0 radical (unpaired) electrons. The summed E-state index contributed by atoms with van der Waals surface area (Å²) in [6.07, 6.45) is 0. The van der Waals surface area contributed by atoms with Crippen LogP contribution < -0.4 is 5.32 Å². The van der Waals surface area contributed by atoms with Crippen molar-refractivity contribution in [2.75, 3.05) is 5.32 Å². The number of pyridine rings is 1. The highest BCUT2D eigenvalue weighted by Gasteiger charge is 2.04. The standard InChI is InChI=1S/C12H7BrFN3/c13-11-2-1-3-12(17-11)16-10-5-4-9(14)6-8(10)7-15/h1-6H,(H,16,17). The van der Waals surface area contributed by atoms with Crippen LogP contribution in [0, 0.1) is 17.1 Å². The smallest absolute Gasteiger partial charge is 0.131 e. The van der Waals surface area contributed by atoms with Crippen molar-refractivity contribution in [3.05, 3.63) is 52.4 Å². The maximum atomic E-state index is 12.9. The lowest BCUT2D eigenvalue weighted by Crippen LogP contribution is -1.96. The molecule has 0 fully saturated rings. The first-order valence-electron chi connectivity index (χ1n) is 4.78. The number of hydrogen-bond donors (Lipinski definition) is 1. The monoisotopic (exact) mass is 291 g/mol. The Morgan fingerprint density at radius 1 is 1.29 bits per heavy atom. The largest absolute Gasteiger partial charge is 0.339 e. The maximum absolute atomic E-state index is 12.9. The average Bonchev–Trinajstić information content (AvgIpc) is 2.31. The minimum atomic E-state index is -0.436. The third-order valence-electron chi connectivity index (χ3n) is 2.08. The zero-order valence-electron chi connectivity index (χ0n) is 8.61. The van der Waals surface area contributed by atoms with Crippen LogP contribution in [0.5, 0.6) is 0 Å². The molecule has 0 aliphatic carbocycles. The molecule has 2 rings (SSSR count). The third kappa shape index (κ3) is 2.80. The van der Waals surface area contributed by atoms with Gasteiger partial charge in [-0.05, 0) is 46.3 Å². The van der Waals surface area contributed by atoms with Gasteiger partial charge in [-0.2, -0.15) is 5.26 Å². The van der Waals surface area contributed by atoms with Crippen molar-refractivity contribution in [1.82, 2.24) is 4.98 Å². The topological polar surface area (TPSA) is 48.7 Å². The molecule has 0 aliphatic heterocycles. The van der Waals surface area contributed by atoms with Crippen molar-refractivity contribution >= 4 is 27.4 Å². The summed E-state index contributed by atoms with van der Waals surface area (Å²) in [7, 11) is 0. The Morgan fingerprint density at radius 2 is 2.12 bits per heavy atom. The SMILES string of the molecule is N#Cc1cc(F)ccc1Nc1cccc(Br)n1. The van der Waals surface area contributed by atoms with Crippen LogP contribution in [0.4, 0.5) is 15.9 Å². The van der Waals surface area contributed by atoms with Gasteiger partial charge in [0.25, 0.3) is 0 Å². The predicted octanol–water partition coefficient (Wildman–Crippen LogP) is 3.60. The summed E-state index contributed by atoms with van der Waals surface area (Å²) in [4.78, 5) is 4.17. The molecule has 0 saturated carbocycles. The zero-order valence-corrected chi connectivity index (χ0v) is 10.2. The first-order chi connectivity index (χ1) is 8.19. The van der Waals surface area contributed by atoms with Gasteiger partial charge in [-0.1, -0.05) is 6.07 Å². The predicted molar refractivity (Wildman–Crippen MR) is 66.3 cm³/mol. The van der Waals surface area contributed by atoms with Crippen LogP contribution in [-0.4, -0.2) is 4.98 Å². The summed E-state index contributed by atoms with van der Waals surface area (Å²) in [5.41, 5.74) is 0.770. The Bertz CT molecular complexity index is 593. The molecule has 0 atom stereocenters. The molecule has 2 aromatic rings. The summed E-state index contributed by atoms with van der Waals surface area (Å²) in [6.45, 7) is 0. The molecule has 1 N–H and O–H groups in total. The van der Waals surface area contributed by atoms with E-state index >= 15 is 0 Å². The van der Waals surface area contributed by atoms with Gasteiger partial charge >= 0.3 is 0 Å². The molecular formula is C12H7BrFN3. The molecule has 0 unspecified atom stereocenters. The molecule has 84 valence electrons. The highest BCUT2D eigenvalue weighted by Crippen LogP contribution is 2.21. The van der Waals surface area contributed by atoms with Crippen LogP contribution in [0.25, 0.3) is 0 Å². The molecule has 1 aromatic heterocycles. The van der Waals surface area contributed by atoms with Gasteiger partial charge in [-0.25, -0.2) is 9.37 Å². The summed E-state index contributed by atoms with van der Waals surface area (Å²) in [6, 6.07) is 11.3. The van der Waals surface area contributed by atoms with E-state index in [0.717, 1.165) is 0 Å². The van der Waals surface area contributed by atoms with E-state index in [1.807, 2.05) is 12.1 Å². The van der Waals surface area contributed by atoms with Crippen LogP contribution in [0.15, 0.2) is 41.0 Å². The van der Waals surface area contributed by atoms with Crippen molar-refractivity contribution in [1.29, 1.82) is 5.26 Å². The zero-order chi connectivity index (χ0) is 12.3. The quantitative estimate of drug-likeness (QED) is 0.860. The molecule has 1 heterocycles. The molecule has 0 saturated heterocycles.